The van der Waals surface area contributed by atoms with Gasteiger partial charge in [0.1, 0.15) is 11.3 Å². The summed E-state index contributed by atoms with van der Waals surface area (Å²) in [5.74, 6) is -0.347. The molecule has 0 aliphatic carbocycles. The molecule has 1 aromatic carbocycles. The highest BCUT2D eigenvalue weighted by Crippen LogP contribution is 2.22. The number of Topliss-reactive ketones (excluding diaryl/α,β-unsaturated/α-hetero) is 1. The maximum absolute atomic E-state index is 12.7. The molecule has 1 aliphatic rings. The van der Waals surface area contributed by atoms with Crippen LogP contribution < -0.4 is 10.6 Å². The molecule has 4 rings (SSSR count). The Morgan fingerprint density at radius 3 is 2.24 bits per heavy atom. The van der Waals surface area contributed by atoms with E-state index in [9.17, 15) is 19.5 Å². The quantitative estimate of drug-likeness (QED) is 0.509. The van der Waals surface area contributed by atoms with Gasteiger partial charge in [-0.15, -0.1) is 0 Å². The summed E-state index contributed by atoms with van der Waals surface area (Å²) in [4.78, 5) is 43.6. The first kappa shape index (κ1) is 23.4. The van der Waals surface area contributed by atoms with Crippen molar-refractivity contribution in [1.82, 2.24) is 14.3 Å². The lowest BCUT2D eigenvalue weighted by atomic mass is 9.89. The molecule has 3 N–H and O–H groups in total. The van der Waals surface area contributed by atoms with Gasteiger partial charge in [-0.2, -0.15) is 0 Å². The third-order valence-corrected chi connectivity index (χ3v) is 5.77. The molecule has 9 nitrogen and oxygen atoms in total. The molecule has 0 radical (unpaired) electrons. The summed E-state index contributed by atoms with van der Waals surface area (Å²) in [5, 5.41) is 15.2. The van der Waals surface area contributed by atoms with E-state index in [4.69, 9.17) is 0 Å². The number of imidazole rings is 1. The number of aromatic nitrogens is 2. The fraction of sp³-hybridized carbons (Fsp3) is 0.360. The fourth-order valence-electron chi connectivity index (χ4n) is 3.74. The van der Waals surface area contributed by atoms with Crippen molar-refractivity contribution in [2.45, 2.75) is 39.7 Å². The van der Waals surface area contributed by atoms with Gasteiger partial charge in [0.2, 0.25) is 0 Å². The summed E-state index contributed by atoms with van der Waals surface area (Å²) < 4.78 is 1.72. The van der Waals surface area contributed by atoms with E-state index in [1.165, 1.54) is 0 Å². The molecule has 9 heteroatoms. The van der Waals surface area contributed by atoms with Crippen LogP contribution in [0.25, 0.3) is 5.65 Å². The van der Waals surface area contributed by atoms with Crippen molar-refractivity contribution in [3.63, 3.8) is 0 Å². The molecule has 0 saturated carbocycles. The number of pyridine rings is 1. The molecule has 1 fully saturated rings. The number of fused-ring (bicyclic) bond motifs is 1. The van der Waals surface area contributed by atoms with Crippen LogP contribution in [0.5, 0.6) is 0 Å². The normalized spacial score (nSPS) is 14.8. The van der Waals surface area contributed by atoms with E-state index in [-0.39, 0.29) is 23.8 Å². The number of carbonyl (C=O) groups is 3. The molecule has 0 unspecified atom stereocenters. The molecule has 0 spiro atoms. The summed E-state index contributed by atoms with van der Waals surface area (Å²) in [6, 6.07) is 9.89. The molecule has 3 amide bonds. The van der Waals surface area contributed by atoms with Crippen molar-refractivity contribution in [2.24, 2.45) is 5.41 Å². The third kappa shape index (κ3) is 5.26. The lowest BCUT2D eigenvalue weighted by molar-refractivity contribution is 0.0853. The highest BCUT2D eigenvalue weighted by molar-refractivity contribution is 6.04. The molecular formula is C25H29N5O4. The maximum atomic E-state index is 12.7. The van der Waals surface area contributed by atoms with Crippen LogP contribution in [-0.4, -0.2) is 56.3 Å². The summed E-state index contributed by atoms with van der Waals surface area (Å²) >= 11 is 0. The number of anilines is 2. The molecule has 1 aliphatic heterocycles. The zero-order valence-electron chi connectivity index (χ0n) is 19.5. The van der Waals surface area contributed by atoms with Gasteiger partial charge in [-0.05, 0) is 49.2 Å². The second-order valence-corrected chi connectivity index (χ2v) is 9.57. The molecule has 178 valence electrons. The lowest BCUT2D eigenvalue weighted by Gasteiger charge is -2.29. The monoisotopic (exact) mass is 463 g/mol. The van der Waals surface area contributed by atoms with Crippen molar-refractivity contribution < 1.29 is 19.5 Å². The van der Waals surface area contributed by atoms with E-state index in [0.717, 1.165) is 0 Å². The number of hydrogen-bond donors (Lipinski definition) is 3. The molecule has 0 atom stereocenters. The van der Waals surface area contributed by atoms with Gasteiger partial charge in [0, 0.05) is 42.1 Å². The highest BCUT2D eigenvalue weighted by atomic mass is 16.3. The minimum absolute atomic E-state index is 0.0492. The van der Waals surface area contributed by atoms with E-state index in [1.54, 1.807) is 58.1 Å². The first-order chi connectivity index (χ1) is 16.1. The summed E-state index contributed by atoms with van der Waals surface area (Å²) in [7, 11) is 0. The van der Waals surface area contributed by atoms with Crippen LogP contribution in [-0.2, 0) is 0 Å². The minimum Gasteiger partial charge on any atom is -0.393 e. The van der Waals surface area contributed by atoms with E-state index in [2.05, 4.69) is 15.6 Å². The van der Waals surface area contributed by atoms with Crippen LogP contribution in [0.15, 0.2) is 48.8 Å². The van der Waals surface area contributed by atoms with E-state index in [0.29, 0.717) is 54.2 Å². The summed E-state index contributed by atoms with van der Waals surface area (Å²) in [6.45, 7) is 6.57. The van der Waals surface area contributed by atoms with Crippen molar-refractivity contribution in [3.8, 4) is 0 Å². The highest BCUT2D eigenvalue weighted by Gasteiger charge is 2.25. The van der Waals surface area contributed by atoms with Gasteiger partial charge in [0.05, 0.1) is 11.8 Å². The Balaban J connectivity index is 1.39. The molecule has 1 saturated heterocycles. The smallest absolute Gasteiger partial charge is 0.321 e. The zero-order valence-corrected chi connectivity index (χ0v) is 19.5. The number of hydrogen-bond acceptors (Lipinski definition) is 5. The van der Waals surface area contributed by atoms with E-state index >= 15 is 0 Å². The Morgan fingerprint density at radius 2 is 1.59 bits per heavy atom. The summed E-state index contributed by atoms with van der Waals surface area (Å²) in [5.41, 5.74) is 2.06. The van der Waals surface area contributed by atoms with Gasteiger partial charge >= 0.3 is 6.03 Å². The number of piperidine rings is 1. The van der Waals surface area contributed by atoms with Crippen LogP contribution >= 0.6 is 0 Å². The molecule has 3 heterocycles. The molecular weight excluding hydrogens is 434 g/mol. The van der Waals surface area contributed by atoms with Crippen molar-refractivity contribution in [3.05, 3.63) is 60.0 Å². The average molecular weight is 464 g/mol. The first-order valence-corrected chi connectivity index (χ1v) is 11.3. The second kappa shape index (κ2) is 9.26. The second-order valence-electron chi connectivity index (χ2n) is 9.57. The van der Waals surface area contributed by atoms with Gasteiger partial charge in [-0.1, -0.05) is 20.8 Å². The largest absolute Gasteiger partial charge is 0.393 e. The van der Waals surface area contributed by atoms with Crippen LogP contribution in [0.4, 0.5) is 16.2 Å². The number of benzene rings is 1. The number of amides is 3. The number of aliphatic hydroxyl groups excluding tert-OH is 1. The zero-order chi connectivity index (χ0) is 24.5. The Hall–Kier alpha value is -3.72. The van der Waals surface area contributed by atoms with E-state index < -0.39 is 5.41 Å². The molecule has 0 bridgehead atoms. The molecule has 3 aromatic rings. The standard InChI is InChI=1S/C25H29N5O4/c1-25(2,3)22(32)20-15-30-14-18(8-9-21(30)28-20)26-23(33)16-4-6-17(7-5-16)27-24(34)29-12-10-19(31)11-13-29/h4-9,14-15,19,31H,10-13H2,1-3H3,(H,26,33)(H,27,34). The van der Waals surface area contributed by atoms with Crippen LogP contribution in [0.3, 0.4) is 0 Å². The van der Waals surface area contributed by atoms with Crippen molar-refractivity contribution >= 4 is 34.7 Å². The van der Waals surface area contributed by atoms with Crippen LogP contribution in [0.1, 0.15) is 54.5 Å². The SMILES string of the molecule is CC(C)(C)C(=O)c1cn2cc(NC(=O)c3ccc(NC(=O)N4CCC(O)CC4)cc3)ccc2n1. The Kier molecular flexibility index (Phi) is 6.39. The van der Waals surface area contributed by atoms with Gasteiger partial charge in [-0.3, -0.25) is 9.59 Å². The maximum Gasteiger partial charge on any atom is 0.321 e. The summed E-state index contributed by atoms with van der Waals surface area (Å²) in [6.07, 6.45) is 4.18. The Bertz CT molecular complexity index is 1220. The number of likely N-dealkylation sites (tertiary alicyclic amines) is 1. The third-order valence-electron chi connectivity index (χ3n) is 5.77. The first-order valence-electron chi connectivity index (χ1n) is 11.3. The number of carbonyl (C=O) groups excluding carboxylic acids is 3. The fourth-order valence-corrected chi connectivity index (χ4v) is 3.74. The number of ketones is 1. The predicted octanol–water partition coefficient (Wildman–Crippen LogP) is 3.80. The lowest BCUT2D eigenvalue weighted by Crippen LogP contribution is -2.42. The minimum atomic E-state index is -0.531. The number of urea groups is 1. The molecule has 34 heavy (non-hydrogen) atoms. The number of nitrogens with one attached hydrogen (secondary N) is 2. The number of rotatable bonds is 4. The Morgan fingerprint density at radius 1 is 0.941 bits per heavy atom. The predicted molar refractivity (Wildman–Crippen MR) is 129 cm³/mol. The van der Waals surface area contributed by atoms with E-state index in [1.807, 2.05) is 20.8 Å². The van der Waals surface area contributed by atoms with Gasteiger partial charge in [0.15, 0.2) is 5.78 Å². The average Bonchev–Trinajstić information content (AvgIpc) is 3.22. The van der Waals surface area contributed by atoms with Crippen molar-refractivity contribution in [1.29, 1.82) is 0 Å². The topological polar surface area (TPSA) is 116 Å². The van der Waals surface area contributed by atoms with Gasteiger partial charge in [0.25, 0.3) is 5.91 Å². The molecule has 2 aromatic heterocycles. The number of nitrogens with zero attached hydrogens (tertiary/aromatic N) is 3. The number of aliphatic hydroxyl groups is 1. The van der Waals surface area contributed by atoms with Crippen LogP contribution in [0.2, 0.25) is 0 Å². The van der Waals surface area contributed by atoms with Gasteiger partial charge < -0.3 is 25.0 Å². The Labute approximate surface area is 197 Å². The van der Waals surface area contributed by atoms with Crippen LogP contribution in [0, 0.1) is 5.41 Å². The van der Waals surface area contributed by atoms with Gasteiger partial charge in [-0.25, -0.2) is 9.78 Å². The van der Waals surface area contributed by atoms with Crippen molar-refractivity contribution in [2.75, 3.05) is 23.7 Å².